The number of nitrogens with one attached hydrogen (secondary N) is 4. The molecule has 11 rings (SSSR count). The molecule has 0 saturated carbocycles. The predicted molar refractivity (Wildman–Crippen MR) is 340 cm³/mol. The number of anilines is 2. The Labute approximate surface area is 523 Å². The van der Waals surface area contributed by atoms with E-state index in [2.05, 4.69) is 77.8 Å². The van der Waals surface area contributed by atoms with Crippen molar-refractivity contribution in [3.05, 3.63) is 152 Å². The number of rotatable bonds is 21. The molecule has 22 heteroatoms. The molecular weight excluding hydrogens is 1170 g/mol. The number of carbonyl (C=O) groups is 5. The van der Waals surface area contributed by atoms with Crippen LogP contribution < -0.4 is 25.0 Å². The Kier molecular flexibility index (Phi) is 19.0. The molecule has 1 unspecified atom stereocenters. The number of nitro groups is 1. The van der Waals surface area contributed by atoms with Gasteiger partial charge in [-0.3, -0.25) is 49.2 Å². The Morgan fingerprint density at radius 2 is 1.64 bits per heavy atom. The van der Waals surface area contributed by atoms with E-state index in [4.69, 9.17) is 16.3 Å². The van der Waals surface area contributed by atoms with Gasteiger partial charge < -0.3 is 24.8 Å². The normalized spacial score (nSPS) is 18.4. The van der Waals surface area contributed by atoms with Crippen LogP contribution in [0.15, 0.2) is 114 Å². The molecule has 6 heterocycles. The van der Waals surface area contributed by atoms with E-state index in [1.54, 1.807) is 48.7 Å². The molecule has 20 nitrogen and oxygen atoms in total. The number of amides is 5. The van der Waals surface area contributed by atoms with Crippen molar-refractivity contribution >= 4 is 84.8 Å². The Bertz CT molecular complexity index is 3930. The van der Waals surface area contributed by atoms with Crippen LogP contribution in [0.25, 0.3) is 16.6 Å². The van der Waals surface area contributed by atoms with Crippen molar-refractivity contribution in [1.82, 2.24) is 34.7 Å². The van der Waals surface area contributed by atoms with Crippen molar-refractivity contribution in [2.24, 2.45) is 11.3 Å². The van der Waals surface area contributed by atoms with E-state index < -0.39 is 61.1 Å². The first-order valence-electron chi connectivity index (χ1n) is 30.7. The molecule has 2 aromatic heterocycles. The Hall–Kier alpha value is -8.42. The number of fused-ring (bicyclic) bond motifs is 2. The molecule has 0 spiro atoms. The number of hydrogen-bond donors (Lipinski definition) is 4. The summed E-state index contributed by atoms with van der Waals surface area (Å²) in [6.45, 7) is 11.7. The summed E-state index contributed by atoms with van der Waals surface area (Å²) < 4.78 is 36.5. The number of aromatic nitrogens is 2. The van der Waals surface area contributed by atoms with Crippen LogP contribution in [0.4, 0.5) is 17.1 Å². The lowest BCUT2D eigenvalue weighted by Gasteiger charge is -2.39. The van der Waals surface area contributed by atoms with Gasteiger partial charge in [0.25, 0.3) is 33.4 Å². The standard InChI is InChI=1S/C67H73ClN10O10S/c1-67(2)28-24-48(55(40-67)45-14-16-49(68)17-15-45)43-75-33-35-76(36-34-75)50-18-20-53(59(38-50)88-51-37-47-25-29-69-62(47)71-42-51)63(80)73-89(86,87)52-19-21-56(58(39-52)78(84)85)70-41-44-26-31-74(32-27-44)30-9-7-5-3-4-6-8-11-46-12-10-13-54-61(46)66(83)77(65(54)82)57-22-23-60(79)72-64(57)81/h10,12-21,25,29,37-39,42,44,57,70H,3-7,9,22-24,26-28,30-36,40-41,43H2,1-2H3,(H,69,71)(H,73,80)(H,72,79,81). The number of carbonyl (C=O) groups excluding carboxylic acids is 5. The maximum absolute atomic E-state index is 14.2. The summed E-state index contributed by atoms with van der Waals surface area (Å²) in [5, 5.41) is 19.4. The number of ether oxygens (including phenoxy) is 1. The van der Waals surface area contributed by atoms with Crippen molar-refractivity contribution < 1.29 is 42.1 Å². The fraction of sp³-hybridized carbons (Fsp3) is 0.403. The highest BCUT2D eigenvalue weighted by Crippen LogP contribution is 2.44. The van der Waals surface area contributed by atoms with Gasteiger partial charge in [-0.15, -0.1) is 0 Å². The van der Waals surface area contributed by atoms with E-state index in [9.17, 15) is 42.5 Å². The molecule has 0 bridgehead atoms. The number of piperazine rings is 1. The van der Waals surface area contributed by atoms with E-state index in [-0.39, 0.29) is 52.3 Å². The number of likely N-dealkylation sites (tertiary alicyclic amines) is 1. The van der Waals surface area contributed by atoms with Crippen LogP contribution in [0, 0.1) is 33.3 Å². The minimum Gasteiger partial charge on any atom is -0.455 e. The molecule has 4 aliphatic heterocycles. The molecule has 6 aromatic rings. The second-order valence-electron chi connectivity index (χ2n) is 24.6. The Balaban J connectivity index is 0.647. The van der Waals surface area contributed by atoms with Gasteiger partial charge in [-0.1, -0.05) is 80.3 Å². The number of aromatic amines is 1. The minimum atomic E-state index is -4.62. The second-order valence-corrected chi connectivity index (χ2v) is 26.7. The SMILES string of the molecule is CC1(C)CCC(CN2CCN(c3ccc(C(=O)NS(=O)(=O)c4ccc(NCC5CCN(CCCCCCCC#Cc6cccc7c6C(=O)N(C6CCC(=O)NC6=O)C7=O)CC5)c([N+](=O)[O-])c4)c(Oc4cnc5[nH]ccc5c4)c3)CC2)=C(c2ccc(Cl)cc2)C1. The molecule has 4 aromatic carbocycles. The number of piperidine rings is 2. The highest BCUT2D eigenvalue weighted by atomic mass is 35.5. The van der Waals surface area contributed by atoms with Crippen molar-refractivity contribution in [2.45, 2.75) is 108 Å². The van der Waals surface area contributed by atoms with Gasteiger partial charge in [0.05, 0.1) is 32.7 Å². The van der Waals surface area contributed by atoms with Gasteiger partial charge in [-0.05, 0) is 154 Å². The van der Waals surface area contributed by atoms with Crippen molar-refractivity contribution in [2.75, 3.05) is 69.1 Å². The monoisotopic (exact) mass is 1240 g/mol. The maximum Gasteiger partial charge on any atom is 0.293 e. The van der Waals surface area contributed by atoms with Gasteiger partial charge in [0.1, 0.15) is 28.9 Å². The molecule has 464 valence electrons. The van der Waals surface area contributed by atoms with Crippen LogP contribution in [-0.4, -0.2) is 132 Å². The van der Waals surface area contributed by atoms with Crippen molar-refractivity contribution in [3.63, 3.8) is 0 Å². The third kappa shape index (κ3) is 14.7. The lowest BCUT2D eigenvalue weighted by atomic mass is 9.72. The van der Waals surface area contributed by atoms with E-state index in [0.717, 1.165) is 131 Å². The predicted octanol–water partition coefficient (Wildman–Crippen LogP) is 10.7. The molecule has 5 aliphatic rings. The van der Waals surface area contributed by atoms with Gasteiger partial charge in [-0.25, -0.2) is 18.1 Å². The summed E-state index contributed by atoms with van der Waals surface area (Å²) in [7, 11) is -4.62. The number of allylic oxidation sites excluding steroid dienone is 1. The van der Waals surface area contributed by atoms with Crippen LogP contribution in [-0.2, 0) is 19.6 Å². The van der Waals surface area contributed by atoms with Crippen LogP contribution in [0.2, 0.25) is 5.02 Å². The van der Waals surface area contributed by atoms with Gasteiger partial charge in [0.15, 0.2) is 0 Å². The van der Waals surface area contributed by atoms with Crippen LogP contribution in [0.5, 0.6) is 11.5 Å². The van der Waals surface area contributed by atoms with Gasteiger partial charge in [0, 0.05) is 92.1 Å². The Morgan fingerprint density at radius 3 is 2.42 bits per heavy atom. The van der Waals surface area contributed by atoms with Gasteiger partial charge >= 0.3 is 0 Å². The minimum absolute atomic E-state index is 0.0511. The molecule has 1 atom stereocenters. The molecule has 5 amide bonds. The lowest BCUT2D eigenvalue weighted by molar-refractivity contribution is -0.384. The molecule has 0 radical (unpaired) electrons. The molecule has 4 N–H and O–H groups in total. The third-order valence-electron chi connectivity index (χ3n) is 17.8. The van der Waals surface area contributed by atoms with Crippen LogP contribution in [0.1, 0.15) is 140 Å². The van der Waals surface area contributed by atoms with E-state index in [1.807, 2.05) is 18.2 Å². The van der Waals surface area contributed by atoms with Crippen LogP contribution in [0.3, 0.4) is 0 Å². The molecular formula is C67H73ClN10O10S. The number of halogens is 1. The first-order valence-corrected chi connectivity index (χ1v) is 32.6. The average molecular weight is 1250 g/mol. The highest BCUT2D eigenvalue weighted by molar-refractivity contribution is 7.90. The van der Waals surface area contributed by atoms with E-state index in [1.165, 1.54) is 35.0 Å². The first-order chi connectivity index (χ1) is 42.9. The second kappa shape index (κ2) is 27.1. The molecule has 89 heavy (non-hydrogen) atoms. The van der Waals surface area contributed by atoms with Crippen LogP contribution >= 0.6 is 11.6 Å². The summed E-state index contributed by atoms with van der Waals surface area (Å²) in [6.07, 6.45) is 14.0. The summed E-state index contributed by atoms with van der Waals surface area (Å²) in [4.78, 5) is 91.8. The fourth-order valence-corrected chi connectivity index (χ4v) is 13.8. The molecule has 3 fully saturated rings. The quantitative estimate of drug-likeness (QED) is 0.0172. The number of nitro benzene ring substituents is 1. The zero-order chi connectivity index (χ0) is 62.4. The topological polar surface area (TPSA) is 250 Å². The van der Waals surface area contributed by atoms with Gasteiger partial charge in [0.2, 0.25) is 11.8 Å². The number of hydrogen-bond acceptors (Lipinski definition) is 15. The molecule has 3 saturated heterocycles. The number of nitrogens with zero attached hydrogens (tertiary/aromatic N) is 6. The smallest absolute Gasteiger partial charge is 0.293 e. The summed E-state index contributed by atoms with van der Waals surface area (Å²) in [6, 6.07) is 24.3. The summed E-state index contributed by atoms with van der Waals surface area (Å²) >= 11 is 6.27. The average Bonchev–Trinajstić information content (AvgIpc) is 1.65. The van der Waals surface area contributed by atoms with Gasteiger partial charge in [-0.2, -0.15) is 0 Å². The Morgan fingerprint density at radius 1 is 0.865 bits per heavy atom. The first kappa shape index (κ1) is 62.2. The summed E-state index contributed by atoms with van der Waals surface area (Å²) in [5.74, 6) is 3.74. The number of pyridine rings is 1. The highest BCUT2D eigenvalue weighted by Gasteiger charge is 2.45. The number of benzene rings is 4. The van der Waals surface area contributed by atoms with Crippen molar-refractivity contribution in [3.8, 4) is 23.3 Å². The zero-order valence-corrected chi connectivity index (χ0v) is 51.7. The number of H-pyrrole nitrogens is 1. The van der Waals surface area contributed by atoms with E-state index >= 15 is 0 Å². The summed E-state index contributed by atoms with van der Waals surface area (Å²) in [5.41, 5.74) is 6.27. The lowest BCUT2D eigenvalue weighted by Crippen LogP contribution is -2.54. The maximum atomic E-state index is 14.2. The third-order valence-corrected chi connectivity index (χ3v) is 19.4. The number of sulfonamides is 1. The zero-order valence-electron chi connectivity index (χ0n) is 50.1. The number of imide groups is 2. The molecule has 1 aliphatic carbocycles. The van der Waals surface area contributed by atoms with E-state index in [0.29, 0.717) is 43.0 Å². The number of unbranched alkanes of at least 4 members (excludes halogenated alkanes) is 5. The fourth-order valence-electron chi connectivity index (χ4n) is 12.7. The largest absolute Gasteiger partial charge is 0.455 e. The van der Waals surface area contributed by atoms with Crippen molar-refractivity contribution in [1.29, 1.82) is 0 Å².